The molecule has 0 spiro atoms. The second-order valence-corrected chi connectivity index (χ2v) is 4.85. The number of halogens is 2. The summed E-state index contributed by atoms with van der Waals surface area (Å²) in [5, 5.41) is 3.08. The summed E-state index contributed by atoms with van der Waals surface area (Å²) >= 11 is 0. The SMILES string of the molecule is CNc1nc(-c2cccc(C(F)F)c2)nc2c1CCC2. The summed E-state index contributed by atoms with van der Waals surface area (Å²) in [4.78, 5) is 9.00. The summed E-state index contributed by atoms with van der Waals surface area (Å²) in [6, 6.07) is 6.26. The van der Waals surface area contributed by atoms with Gasteiger partial charge in [0, 0.05) is 29.4 Å². The van der Waals surface area contributed by atoms with Gasteiger partial charge in [0.25, 0.3) is 6.43 Å². The molecule has 0 aliphatic heterocycles. The number of hydrogen-bond acceptors (Lipinski definition) is 3. The van der Waals surface area contributed by atoms with E-state index in [0.29, 0.717) is 11.4 Å². The van der Waals surface area contributed by atoms with E-state index in [0.717, 1.165) is 36.3 Å². The van der Waals surface area contributed by atoms with Crippen molar-refractivity contribution in [2.45, 2.75) is 25.7 Å². The number of benzene rings is 1. The van der Waals surface area contributed by atoms with Gasteiger partial charge in [-0.3, -0.25) is 0 Å². The molecule has 0 atom stereocenters. The van der Waals surface area contributed by atoms with Crippen LogP contribution in [0.5, 0.6) is 0 Å². The Morgan fingerprint density at radius 1 is 1.20 bits per heavy atom. The van der Waals surface area contributed by atoms with E-state index in [9.17, 15) is 8.78 Å². The quantitative estimate of drug-likeness (QED) is 0.929. The Hall–Kier alpha value is -2.04. The van der Waals surface area contributed by atoms with Gasteiger partial charge in [-0.25, -0.2) is 18.7 Å². The normalized spacial score (nSPS) is 13.6. The first-order chi connectivity index (χ1) is 9.69. The van der Waals surface area contributed by atoms with Crippen LogP contribution in [0.15, 0.2) is 24.3 Å². The second kappa shape index (κ2) is 5.15. The molecule has 3 nitrogen and oxygen atoms in total. The highest BCUT2D eigenvalue weighted by Crippen LogP contribution is 2.30. The van der Waals surface area contributed by atoms with Gasteiger partial charge in [-0.15, -0.1) is 0 Å². The zero-order valence-corrected chi connectivity index (χ0v) is 11.2. The van der Waals surface area contributed by atoms with Crippen molar-refractivity contribution < 1.29 is 8.78 Å². The molecule has 0 bridgehead atoms. The highest BCUT2D eigenvalue weighted by molar-refractivity contribution is 5.61. The Balaban J connectivity index is 2.08. The molecule has 1 N–H and O–H groups in total. The summed E-state index contributed by atoms with van der Waals surface area (Å²) in [6.45, 7) is 0. The van der Waals surface area contributed by atoms with Gasteiger partial charge in [0.2, 0.25) is 0 Å². The summed E-state index contributed by atoms with van der Waals surface area (Å²) in [6.07, 6.45) is 0.490. The van der Waals surface area contributed by atoms with Crippen molar-refractivity contribution in [3.63, 3.8) is 0 Å². The third-order valence-corrected chi connectivity index (χ3v) is 3.57. The maximum atomic E-state index is 12.8. The number of nitrogens with one attached hydrogen (secondary N) is 1. The van der Waals surface area contributed by atoms with Gasteiger partial charge < -0.3 is 5.32 Å². The molecular formula is C15H15F2N3. The Labute approximate surface area is 116 Å². The molecule has 1 aliphatic carbocycles. The molecule has 0 radical (unpaired) electrons. The Kier molecular flexibility index (Phi) is 3.34. The lowest BCUT2D eigenvalue weighted by Gasteiger charge is -2.10. The van der Waals surface area contributed by atoms with Crippen molar-refractivity contribution in [3.8, 4) is 11.4 Å². The van der Waals surface area contributed by atoms with Gasteiger partial charge in [0.1, 0.15) is 5.82 Å². The van der Waals surface area contributed by atoms with Crippen molar-refractivity contribution in [2.24, 2.45) is 0 Å². The predicted octanol–water partition coefficient (Wildman–Crippen LogP) is 3.61. The number of rotatable bonds is 3. The molecule has 0 saturated heterocycles. The minimum absolute atomic E-state index is 0.00222. The van der Waals surface area contributed by atoms with E-state index in [1.54, 1.807) is 12.1 Å². The van der Waals surface area contributed by atoms with Crippen LogP contribution < -0.4 is 5.32 Å². The minimum atomic E-state index is -2.48. The van der Waals surface area contributed by atoms with Crippen LogP contribution in [0.4, 0.5) is 14.6 Å². The smallest absolute Gasteiger partial charge is 0.263 e. The van der Waals surface area contributed by atoms with E-state index in [1.807, 2.05) is 7.05 Å². The van der Waals surface area contributed by atoms with E-state index in [4.69, 9.17) is 0 Å². The Morgan fingerprint density at radius 3 is 2.80 bits per heavy atom. The molecule has 0 unspecified atom stereocenters. The summed E-state index contributed by atoms with van der Waals surface area (Å²) < 4.78 is 25.5. The minimum Gasteiger partial charge on any atom is -0.373 e. The van der Waals surface area contributed by atoms with Gasteiger partial charge in [-0.2, -0.15) is 0 Å². The number of fused-ring (bicyclic) bond motifs is 1. The molecule has 0 saturated carbocycles. The van der Waals surface area contributed by atoms with Crippen LogP contribution in [0, 0.1) is 0 Å². The molecule has 0 amide bonds. The first-order valence-electron chi connectivity index (χ1n) is 6.65. The zero-order chi connectivity index (χ0) is 14.1. The largest absolute Gasteiger partial charge is 0.373 e. The van der Waals surface area contributed by atoms with E-state index >= 15 is 0 Å². The van der Waals surface area contributed by atoms with Gasteiger partial charge in [-0.1, -0.05) is 18.2 Å². The van der Waals surface area contributed by atoms with E-state index < -0.39 is 6.43 Å². The van der Waals surface area contributed by atoms with Gasteiger partial charge in [0.15, 0.2) is 5.82 Å². The third kappa shape index (κ3) is 2.24. The van der Waals surface area contributed by atoms with Crippen LogP contribution in [-0.4, -0.2) is 17.0 Å². The molecule has 104 valence electrons. The summed E-state index contributed by atoms with van der Waals surface area (Å²) in [5.74, 6) is 1.32. The number of hydrogen-bond donors (Lipinski definition) is 1. The standard InChI is InChI=1S/C15H15F2N3/c1-18-15-11-6-3-7-12(11)19-14(20-15)10-5-2-4-9(8-10)13(16)17/h2,4-5,8,13H,3,6-7H2,1H3,(H,18,19,20). The van der Waals surface area contributed by atoms with Crippen molar-refractivity contribution in [1.29, 1.82) is 0 Å². The number of alkyl halides is 2. The molecular weight excluding hydrogens is 260 g/mol. The molecule has 1 heterocycles. The highest BCUT2D eigenvalue weighted by Gasteiger charge is 2.19. The van der Waals surface area contributed by atoms with Crippen molar-refractivity contribution in [1.82, 2.24) is 9.97 Å². The maximum Gasteiger partial charge on any atom is 0.263 e. The number of aromatic nitrogens is 2. The second-order valence-electron chi connectivity index (χ2n) is 4.85. The Morgan fingerprint density at radius 2 is 2.05 bits per heavy atom. The lowest BCUT2D eigenvalue weighted by atomic mass is 10.1. The molecule has 1 aromatic carbocycles. The lowest BCUT2D eigenvalue weighted by molar-refractivity contribution is 0.151. The highest BCUT2D eigenvalue weighted by atomic mass is 19.3. The van der Waals surface area contributed by atoms with E-state index in [1.165, 1.54) is 12.1 Å². The van der Waals surface area contributed by atoms with Crippen LogP contribution in [-0.2, 0) is 12.8 Å². The first kappa shape index (κ1) is 13.0. The van der Waals surface area contributed by atoms with Gasteiger partial charge in [0.05, 0.1) is 0 Å². The van der Waals surface area contributed by atoms with Crippen molar-refractivity contribution in [3.05, 3.63) is 41.1 Å². The Bertz CT molecular complexity index is 641. The summed E-state index contributed by atoms with van der Waals surface area (Å²) in [5.41, 5.74) is 2.81. The molecule has 2 aromatic rings. The molecule has 0 fully saturated rings. The third-order valence-electron chi connectivity index (χ3n) is 3.57. The van der Waals surface area contributed by atoms with Gasteiger partial charge >= 0.3 is 0 Å². The van der Waals surface area contributed by atoms with Gasteiger partial charge in [-0.05, 0) is 25.3 Å². The maximum absolute atomic E-state index is 12.8. The fraction of sp³-hybridized carbons (Fsp3) is 0.333. The summed E-state index contributed by atoms with van der Waals surface area (Å²) in [7, 11) is 1.82. The molecule has 3 rings (SSSR count). The van der Waals surface area contributed by atoms with Crippen LogP contribution in [0.2, 0.25) is 0 Å². The number of nitrogens with zero attached hydrogens (tertiary/aromatic N) is 2. The number of aryl methyl sites for hydroxylation is 1. The average molecular weight is 275 g/mol. The lowest BCUT2D eigenvalue weighted by Crippen LogP contribution is -2.03. The van der Waals surface area contributed by atoms with Crippen molar-refractivity contribution >= 4 is 5.82 Å². The first-order valence-corrected chi connectivity index (χ1v) is 6.65. The topological polar surface area (TPSA) is 37.8 Å². The molecule has 1 aliphatic rings. The van der Waals surface area contributed by atoms with Crippen LogP contribution >= 0.6 is 0 Å². The zero-order valence-electron chi connectivity index (χ0n) is 11.2. The molecule has 5 heteroatoms. The fourth-order valence-corrected chi connectivity index (χ4v) is 2.58. The average Bonchev–Trinajstić information content (AvgIpc) is 2.94. The van der Waals surface area contributed by atoms with E-state index in [2.05, 4.69) is 15.3 Å². The fourth-order valence-electron chi connectivity index (χ4n) is 2.58. The molecule has 20 heavy (non-hydrogen) atoms. The van der Waals surface area contributed by atoms with E-state index in [-0.39, 0.29) is 5.56 Å². The van der Waals surface area contributed by atoms with Crippen LogP contribution in [0.3, 0.4) is 0 Å². The van der Waals surface area contributed by atoms with Crippen molar-refractivity contribution in [2.75, 3.05) is 12.4 Å². The predicted molar refractivity (Wildman–Crippen MR) is 74.0 cm³/mol. The van der Waals surface area contributed by atoms with Crippen LogP contribution in [0.25, 0.3) is 11.4 Å². The van der Waals surface area contributed by atoms with Crippen LogP contribution in [0.1, 0.15) is 29.7 Å². The number of anilines is 1. The monoisotopic (exact) mass is 275 g/mol. The molecule has 1 aromatic heterocycles.